The van der Waals surface area contributed by atoms with Gasteiger partial charge in [0.15, 0.2) is 0 Å². The van der Waals surface area contributed by atoms with Gasteiger partial charge in [0.25, 0.3) is 10.0 Å². The Morgan fingerprint density at radius 2 is 1.81 bits per heavy atom. The lowest BCUT2D eigenvalue weighted by Crippen LogP contribution is -2.13. The van der Waals surface area contributed by atoms with Gasteiger partial charge in [0.05, 0.1) is 15.6 Å². The molecule has 112 valence electrons. The number of phenolic OH excluding ortho intramolecular Hbond substituents is 1. The van der Waals surface area contributed by atoms with Crippen LogP contribution in [0.15, 0.2) is 47.4 Å². The van der Waals surface area contributed by atoms with Gasteiger partial charge in [-0.25, -0.2) is 8.42 Å². The number of phenols is 1. The Morgan fingerprint density at radius 3 is 2.38 bits per heavy atom. The lowest BCUT2D eigenvalue weighted by molar-refractivity contribution is 0.475. The highest BCUT2D eigenvalue weighted by atomic mass is 35.5. The van der Waals surface area contributed by atoms with Crippen LogP contribution >= 0.6 is 11.6 Å². The van der Waals surface area contributed by atoms with Crippen LogP contribution in [0.25, 0.3) is 0 Å². The van der Waals surface area contributed by atoms with E-state index in [1.165, 1.54) is 18.2 Å². The minimum atomic E-state index is -3.70. The quantitative estimate of drug-likeness (QED) is 0.822. The molecule has 0 bridgehead atoms. The van der Waals surface area contributed by atoms with Gasteiger partial charge in [0.2, 0.25) is 0 Å². The number of aryl methyl sites for hydroxylation is 1. The molecule has 0 saturated heterocycles. The number of nitrogens with one attached hydrogen (secondary N) is 1. The van der Waals surface area contributed by atoms with Crippen molar-refractivity contribution in [2.45, 2.75) is 24.7 Å². The van der Waals surface area contributed by atoms with Crippen LogP contribution in [0.5, 0.6) is 5.75 Å². The average molecular weight is 326 g/mol. The van der Waals surface area contributed by atoms with Crippen LogP contribution in [-0.4, -0.2) is 13.5 Å². The van der Waals surface area contributed by atoms with Crippen molar-refractivity contribution in [1.82, 2.24) is 0 Å². The van der Waals surface area contributed by atoms with E-state index in [1.807, 2.05) is 0 Å². The first-order valence-electron chi connectivity index (χ1n) is 6.52. The number of hydrogen-bond donors (Lipinski definition) is 2. The van der Waals surface area contributed by atoms with E-state index < -0.39 is 10.0 Å². The highest BCUT2D eigenvalue weighted by Crippen LogP contribution is 2.28. The minimum absolute atomic E-state index is 0.0214. The monoisotopic (exact) mass is 325 g/mol. The molecule has 2 rings (SSSR count). The SMILES string of the molecule is CCCc1ccc(S(=O)(=O)Nc2ccc(O)cc2Cl)cc1. The van der Waals surface area contributed by atoms with E-state index in [1.54, 1.807) is 24.3 Å². The number of hydrogen-bond acceptors (Lipinski definition) is 3. The second kappa shape index (κ2) is 6.37. The van der Waals surface area contributed by atoms with Gasteiger partial charge in [0, 0.05) is 6.07 Å². The number of rotatable bonds is 5. The zero-order chi connectivity index (χ0) is 15.5. The Hall–Kier alpha value is -1.72. The van der Waals surface area contributed by atoms with Crippen LogP contribution < -0.4 is 4.72 Å². The molecule has 0 aliphatic heterocycles. The molecule has 6 heteroatoms. The summed E-state index contributed by atoms with van der Waals surface area (Å²) in [5, 5.41) is 9.41. The van der Waals surface area contributed by atoms with Crippen molar-refractivity contribution in [3.63, 3.8) is 0 Å². The van der Waals surface area contributed by atoms with Crippen molar-refractivity contribution >= 4 is 27.3 Å². The molecule has 0 fully saturated rings. The summed E-state index contributed by atoms with van der Waals surface area (Å²) in [6.45, 7) is 2.07. The summed E-state index contributed by atoms with van der Waals surface area (Å²) in [6.07, 6.45) is 1.92. The number of benzene rings is 2. The Bertz CT molecular complexity index is 727. The zero-order valence-corrected chi connectivity index (χ0v) is 13.1. The fourth-order valence-corrected chi connectivity index (χ4v) is 3.27. The highest BCUT2D eigenvalue weighted by Gasteiger charge is 2.15. The first kappa shape index (κ1) is 15.7. The summed E-state index contributed by atoms with van der Waals surface area (Å²) in [7, 11) is -3.70. The molecule has 0 spiro atoms. The molecule has 2 aromatic carbocycles. The topological polar surface area (TPSA) is 66.4 Å². The molecule has 2 aromatic rings. The molecule has 0 aliphatic rings. The van der Waals surface area contributed by atoms with Crippen molar-refractivity contribution in [3.05, 3.63) is 53.1 Å². The van der Waals surface area contributed by atoms with Crippen LogP contribution in [0.3, 0.4) is 0 Å². The fourth-order valence-electron chi connectivity index (χ4n) is 1.91. The number of aromatic hydroxyl groups is 1. The van der Waals surface area contributed by atoms with Gasteiger partial charge in [-0.3, -0.25) is 4.72 Å². The predicted octanol–water partition coefficient (Wildman–Crippen LogP) is 3.80. The molecule has 0 saturated carbocycles. The van der Waals surface area contributed by atoms with Gasteiger partial charge in [-0.05, 0) is 36.2 Å². The summed E-state index contributed by atoms with van der Waals surface area (Å²) in [5.74, 6) is -0.0214. The van der Waals surface area contributed by atoms with E-state index in [0.717, 1.165) is 18.4 Å². The Kier molecular flexibility index (Phi) is 4.75. The lowest BCUT2D eigenvalue weighted by Gasteiger charge is -2.10. The minimum Gasteiger partial charge on any atom is -0.508 e. The third-order valence-corrected chi connectivity index (χ3v) is 4.66. The van der Waals surface area contributed by atoms with E-state index in [-0.39, 0.29) is 21.4 Å². The summed E-state index contributed by atoms with van der Waals surface area (Å²) in [5.41, 5.74) is 1.33. The van der Waals surface area contributed by atoms with Crippen LogP contribution in [0, 0.1) is 0 Å². The van der Waals surface area contributed by atoms with Crippen LogP contribution in [0.2, 0.25) is 5.02 Å². The first-order valence-corrected chi connectivity index (χ1v) is 8.39. The van der Waals surface area contributed by atoms with Gasteiger partial charge in [-0.2, -0.15) is 0 Å². The first-order chi connectivity index (χ1) is 9.92. The van der Waals surface area contributed by atoms with Crippen LogP contribution in [0.4, 0.5) is 5.69 Å². The standard InChI is InChI=1S/C15H16ClNO3S/c1-2-3-11-4-7-13(8-5-11)21(19,20)17-15-9-6-12(18)10-14(15)16/h4-10,17-18H,2-3H2,1H3. The van der Waals surface area contributed by atoms with Gasteiger partial charge in [-0.15, -0.1) is 0 Å². The van der Waals surface area contributed by atoms with Gasteiger partial charge < -0.3 is 5.11 Å². The van der Waals surface area contributed by atoms with Gasteiger partial charge >= 0.3 is 0 Å². The molecule has 0 unspecified atom stereocenters. The summed E-state index contributed by atoms with van der Waals surface area (Å²) < 4.78 is 27.0. The smallest absolute Gasteiger partial charge is 0.261 e. The second-order valence-corrected chi connectivity index (χ2v) is 6.75. The third kappa shape index (κ3) is 3.89. The Labute approximate surface area is 129 Å². The van der Waals surface area contributed by atoms with Crippen molar-refractivity contribution in [3.8, 4) is 5.75 Å². The van der Waals surface area contributed by atoms with E-state index >= 15 is 0 Å². The van der Waals surface area contributed by atoms with Gasteiger partial charge in [0.1, 0.15) is 5.75 Å². The molecular formula is C15H16ClNO3S. The Balaban J connectivity index is 2.25. The molecule has 21 heavy (non-hydrogen) atoms. The molecule has 0 atom stereocenters. The molecule has 0 heterocycles. The van der Waals surface area contributed by atoms with Crippen molar-refractivity contribution in [2.24, 2.45) is 0 Å². The maximum atomic E-state index is 12.3. The van der Waals surface area contributed by atoms with Gasteiger partial charge in [-0.1, -0.05) is 37.1 Å². The second-order valence-electron chi connectivity index (χ2n) is 4.66. The van der Waals surface area contributed by atoms with E-state index in [4.69, 9.17) is 11.6 Å². The lowest BCUT2D eigenvalue weighted by atomic mass is 10.1. The molecule has 0 aliphatic carbocycles. The zero-order valence-electron chi connectivity index (χ0n) is 11.5. The maximum absolute atomic E-state index is 12.3. The summed E-state index contributed by atoms with van der Waals surface area (Å²) in [6, 6.07) is 10.8. The summed E-state index contributed by atoms with van der Waals surface area (Å²) >= 11 is 5.90. The number of sulfonamides is 1. The van der Waals surface area contributed by atoms with Crippen molar-refractivity contribution in [1.29, 1.82) is 0 Å². The third-order valence-electron chi connectivity index (χ3n) is 2.97. The molecule has 0 aromatic heterocycles. The number of anilines is 1. The average Bonchev–Trinajstić information content (AvgIpc) is 2.43. The molecule has 0 radical (unpaired) electrons. The maximum Gasteiger partial charge on any atom is 0.261 e. The molecule has 0 amide bonds. The molecule has 4 nitrogen and oxygen atoms in total. The van der Waals surface area contributed by atoms with Crippen LogP contribution in [0.1, 0.15) is 18.9 Å². The largest absolute Gasteiger partial charge is 0.508 e. The van der Waals surface area contributed by atoms with E-state index in [2.05, 4.69) is 11.6 Å². The molecular weight excluding hydrogens is 310 g/mol. The van der Waals surface area contributed by atoms with Crippen molar-refractivity contribution < 1.29 is 13.5 Å². The fraction of sp³-hybridized carbons (Fsp3) is 0.200. The van der Waals surface area contributed by atoms with Crippen molar-refractivity contribution in [2.75, 3.05) is 4.72 Å². The highest BCUT2D eigenvalue weighted by molar-refractivity contribution is 7.92. The predicted molar refractivity (Wildman–Crippen MR) is 84.4 cm³/mol. The van der Waals surface area contributed by atoms with Crippen LogP contribution in [-0.2, 0) is 16.4 Å². The summed E-state index contributed by atoms with van der Waals surface area (Å²) in [4.78, 5) is 0.173. The normalized spacial score (nSPS) is 11.3. The van der Waals surface area contributed by atoms with E-state index in [0.29, 0.717) is 0 Å². The number of halogens is 1. The Morgan fingerprint density at radius 1 is 1.14 bits per heavy atom. The molecule has 2 N–H and O–H groups in total. The van der Waals surface area contributed by atoms with E-state index in [9.17, 15) is 13.5 Å².